The summed E-state index contributed by atoms with van der Waals surface area (Å²) >= 11 is 0. The lowest BCUT2D eigenvalue weighted by Gasteiger charge is -2.32. The van der Waals surface area contributed by atoms with E-state index in [-0.39, 0.29) is 11.7 Å². The first-order valence-corrected chi connectivity index (χ1v) is 9.16. The third kappa shape index (κ3) is 3.44. The number of hydrogen-bond acceptors (Lipinski definition) is 5. The van der Waals surface area contributed by atoms with Gasteiger partial charge >= 0.3 is 0 Å². The fourth-order valence-corrected chi connectivity index (χ4v) is 3.55. The topological polar surface area (TPSA) is 101 Å². The Kier molecular flexibility index (Phi) is 4.75. The average Bonchev–Trinajstić information content (AvgIpc) is 3.04. The van der Waals surface area contributed by atoms with E-state index in [2.05, 4.69) is 11.4 Å². The molecule has 1 atom stereocenters. The van der Waals surface area contributed by atoms with Gasteiger partial charge in [-0.2, -0.15) is 5.26 Å². The summed E-state index contributed by atoms with van der Waals surface area (Å²) in [5, 5.41) is 13.9. The fraction of sp³-hybridized carbons (Fsp3) is 0.333. The van der Waals surface area contributed by atoms with Crippen LogP contribution in [0.2, 0.25) is 0 Å². The molecule has 6 nitrogen and oxygen atoms in total. The quantitative estimate of drug-likeness (QED) is 0.724. The molecule has 0 saturated carbocycles. The van der Waals surface area contributed by atoms with Gasteiger partial charge in [0.2, 0.25) is 5.91 Å². The van der Waals surface area contributed by atoms with E-state index < -0.39 is 11.6 Å². The van der Waals surface area contributed by atoms with E-state index in [1.54, 1.807) is 6.07 Å². The van der Waals surface area contributed by atoms with Crippen molar-refractivity contribution in [2.45, 2.75) is 30.8 Å². The minimum atomic E-state index is -1.000. The second-order valence-corrected chi connectivity index (χ2v) is 7.20. The first kappa shape index (κ1) is 18.4. The number of rotatable bonds is 4. The fourth-order valence-electron chi connectivity index (χ4n) is 3.55. The number of benzene rings is 2. The summed E-state index contributed by atoms with van der Waals surface area (Å²) in [7, 11) is 0. The monoisotopic (exact) mass is 381 g/mol. The highest BCUT2D eigenvalue weighted by molar-refractivity contribution is 6.04. The molecule has 1 unspecified atom stereocenters. The molecule has 1 saturated heterocycles. The molecule has 0 aliphatic carbocycles. The lowest BCUT2D eigenvalue weighted by atomic mass is 9.90. The van der Waals surface area contributed by atoms with Crippen LogP contribution < -0.4 is 11.1 Å². The van der Waals surface area contributed by atoms with E-state index in [0.29, 0.717) is 43.6 Å². The van der Waals surface area contributed by atoms with Crippen LogP contribution in [0.1, 0.15) is 18.4 Å². The van der Waals surface area contributed by atoms with Crippen LogP contribution in [0.25, 0.3) is 21.9 Å². The van der Waals surface area contributed by atoms with Gasteiger partial charge in [-0.15, -0.1) is 0 Å². The first-order valence-electron chi connectivity index (χ1n) is 9.16. The van der Waals surface area contributed by atoms with Crippen LogP contribution in [-0.2, 0) is 16.0 Å². The highest BCUT2D eigenvalue weighted by Gasteiger charge is 2.36. The van der Waals surface area contributed by atoms with Crippen molar-refractivity contribution < 1.29 is 18.3 Å². The van der Waals surface area contributed by atoms with E-state index in [9.17, 15) is 14.4 Å². The normalized spacial score (nSPS) is 17.3. The van der Waals surface area contributed by atoms with Gasteiger partial charge in [-0.1, -0.05) is 12.1 Å². The molecule has 7 heteroatoms. The Hall–Kier alpha value is -2.95. The van der Waals surface area contributed by atoms with E-state index in [1.807, 2.05) is 18.2 Å². The van der Waals surface area contributed by atoms with Crippen molar-refractivity contribution in [3.8, 4) is 6.07 Å². The predicted molar refractivity (Wildman–Crippen MR) is 102 cm³/mol. The summed E-state index contributed by atoms with van der Waals surface area (Å²) in [6.07, 6.45) is 1.17. The number of nitrogens with two attached hydrogens (primary N) is 1. The third-order valence-electron chi connectivity index (χ3n) is 5.24. The highest BCUT2D eigenvalue weighted by Crippen LogP contribution is 2.30. The third-order valence-corrected chi connectivity index (χ3v) is 5.24. The number of nitrogens with zero attached hydrogens (tertiary/aromatic N) is 1. The number of ether oxygens (including phenoxy) is 1. The van der Waals surface area contributed by atoms with Crippen LogP contribution >= 0.6 is 0 Å². The molecule has 1 aromatic heterocycles. The standard InChI is InChI=1S/C21H20FN3O3/c22-14-2-4-17-16-3-1-13(10-18(16)28-19(17)11-14)9-15(12-23)25-20(26)21(24)5-7-27-8-6-21/h1-4,10-11,15H,5-9,24H2,(H,25,26). The van der Waals surface area contributed by atoms with Gasteiger partial charge in [0.15, 0.2) is 0 Å². The Morgan fingerprint density at radius 1 is 1.21 bits per heavy atom. The Balaban J connectivity index is 1.53. The van der Waals surface area contributed by atoms with Crippen molar-refractivity contribution in [1.29, 1.82) is 5.26 Å². The molecule has 1 fully saturated rings. The smallest absolute Gasteiger partial charge is 0.241 e. The molecule has 28 heavy (non-hydrogen) atoms. The molecular formula is C21H20FN3O3. The number of carbonyl (C=O) groups excluding carboxylic acids is 1. The van der Waals surface area contributed by atoms with Gasteiger partial charge in [0.25, 0.3) is 0 Å². The predicted octanol–water partition coefficient (Wildman–Crippen LogP) is 2.78. The minimum Gasteiger partial charge on any atom is -0.456 e. The van der Waals surface area contributed by atoms with Crippen LogP contribution in [0.3, 0.4) is 0 Å². The Morgan fingerprint density at radius 3 is 2.61 bits per heavy atom. The second-order valence-electron chi connectivity index (χ2n) is 7.20. The molecule has 4 rings (SSSR count). The lowest BCUT2D eigenvalue weighted by molar-refractivity contribution is -0.130. The van der Waals surface area contributed by atoms with Gasteiger partial charge in [-0.3, -0.25) is 4.79 Å². The largest absolute Gasteiger partial charge is 0.456 e. The van der Waals surface area contributed by atoms with Crippen LogP contribution in [0.4, 0.5) is 4.39 Å². The van der Waals surface area contributed by atoms with Crippen molar-refractivity contribution in [2.24, 2.45) is 5.73 Å². The number of carbonyl (C=O) groups is 1. The van der Waals surface area contributed by atoms with E-state index in [4.69, 9.17) is 14.9 Å². The minimum absolute atomic E-state index is 0.316. The number of hydrogen-bond donors (Lipinski definition) is 2. The zero-order valence-electron chi connectivity index (χ0n) is 15.2. The highest BCUT2D eigenvalue weighted by atomic mass is 19.1. The summed E-state index contributed by atoms with van der Waals surface area (Å²) in [4.78, 5) is 12.5. The molecule has 1 aliphatic rings. The Labute approximate surface area is 161 Å². The second kappa shape index (κ2) is 7.23. The lowest BCUT2D eigenvalue weighted by Crippen LogP contribution is -2.58. The number of fused-ring (bicyclic) bond motifs is 3. The number of amides is 1. The molecule has 3 aromatic rings. The van der Waals surface area contributed by atoms with Gasteiger partial charge in [0.05, 0.1) is 11.6 Å². The van der Waals surface area contributed by atoms with Crippen LogP contribution in [0.15, 0.2) is 40.8 Å². The molecule has 1 aliphatic heterocycles. The van der Waals surface area contributed by atoms with Crippen LogP contribution in [0.5, 0.6) is 0 Å². The molecule has 3 N–H and O–H groups in total. The van der Waals surface area contributed by atoms with Crippen molar-refractivity contribution in [2.75, 3.05) is 13.2 Å². The zero-order valence-corrected chi connectivity index (χ0v) is 15.2. The number of furan rings is 1. The van der Waals surface area contributed by atoms with Gasteiger partial charge in [-0.05, 0) is 36.6 Å². The number of halogens is 1. The van der Waals surface area contributed by atoms with Crippen molar-refractivity contribution in [3.05, 3.63) is 47.8 Å². The molecule has 2 aromatic carbocycles. The summed E-state index contributed by atoms with van der Waals surface area (Å²) in [5.41, 5.74) is 7.10. The van der Waals surface area contributed by atoms with E-state index >= 15 is 0 Å². The van der Waals surface area contributed by atoms with Crippen molar-refractivity contribution in [1.82, 2.24) is 5.32 Å². The van der Waals surface area contributed by atoms with E-state index in [0.717, 1.165) is 16.3 Å². The zero-order chi connectivity index (χ0) is 19.7. The SMILES string of the molecule is N#CC(Cc1ccc2c(c1)oc1cc(F)ccc12)NC(=O)C1(N)CCOCC1. The molecule has 144 valence electrons. The molecule has 0 spiro atoms. The molecule has 2 heterocycles. The summed E-state index contributed by atoms with van der Waals surface area (Å²) in [5.74, 6) is -0.689. The van der Waals surface area contributed by atoms with E-state index in [1.165, 1.54) is 12.1 Å². The van der Waals surface area contributed by atoms with Gasteiger partial charge < -0.3 is 20.2 Å². The molecule has 1 amide bonds. The maximum Gasteiger partial charge on any atom is 0.241 e. The Bertz CT molecular complexity index is 1080. The number of nitriles is 1. The first-order chi connectivity index (χ1) is 13.5. The molecular weight excluding hydrogens is 361 g/mol. The van der Waals surface area contributed by atoms with Crippen LogP contribution in [-0.4, -0.2) is 30.7 Å². The van der Waals surface area contributed by atoms with Gasteiger partial charge in [-0.25, -0.2) is 4.39 Å². The summed E-state index contributed by atoms with van der Waals surface area (Å²) < 4.78 is 24.4. The maximum absolute atomic E-state index is 13.4. The molecule has 0 bridgehead atoms. The Morgan fingerprint density at radius 2 is 1.89 bits per heavy atom. The number of nitrogens with one attached hydrogen (secondary N) is 1. The summed E-state index contributed by atoms with van der Waals surface area (Å²) in [6, 6.07) is 11.4. The van der Waals surface area contributed by atoms with Gasteiger partial charge in [0.1, 0.15) is 23.0 Å². The van der Waals surface area contributed by atoms with Crippen LogP contribution in [0, 0.1) is 17.1 Å². The average molecular weight is 381 g/mol. The van der Waals surface area contributed by atoms with Crippen molar-refractivity contribution >= 4 is 27.8 Å². The van der Waals surface area contributed by atoms with Crippen molar-refractivity contribution in [3.63, 3.8) is 0 Å². The summed E-state index contributed by atoms with van der Waals surface area (Å²) in [6.45, 7) is 0.870. The van der Waals surface area contributed by atoms with Gasteiger partial charge in [0, 0.05) is 36.5 Å². The molecule has 0 radical (unpaired) electrons. The maximum atomic E-state index is 13.4.